The van der Waals surface area contributed by atoms with Gasteiger partial charge in [-0.3, -0.25) is 9.59 Å². The normalized spacial score (nSPS) is 17.3. The van der Waals surface area contributed by atoms with Crippen molar-refractivity contribution in [3.05, 3.63) is 60.2 Å². The smallest absolute Gasteiger partial charge is 0.243 e. The molecule has 2 aromatic rings. The Kier molecular flexibility index (Phi) is 7.46. The van der Waals surface area contributed by atoms with Crippen LogP contribution in [0, 0.1) is 5.92 Å². The highest BCUT2D eigenvalue weighted by Crippen LogP contribution is 2.24. The van der Waals surface area contributed by atoms with Crippen LogP contribution in [0.2, 0.25) is 0 Å². The van der Waals surface area contributed by atoms with Gasteiger partial charge in [0.15, 0.2) is 0 Å². The number of rotatable bonds is 7. The molecule has 3 rings (SSSR count). The second-order valence-corrected chi connectivity index (χ2v) is 10.00. The third-order valence-corrected chi connectivity index (χ3v) is 7.30. The molecule has 0 bridgehead atoms. The fraction of sp³-hybridized carbons (Fsp3) is 0.391. The number of benzene rings is 2. The fourth-order valence-electron chi connectivity index (χ4n) is 3.58. The van der Waals surface area contributed by atoms with Crippen LogP contribution in [0.15, 0.2) is 59.5 Å². The summed E-state index contributed by atoms with van der Waals surface area (Å²) in [5, 5.41) is 5.40. The molecule has 2 amide bonds. The Morgan fingerprint density at radius 2 is 1.74 bits per heavy atom. The fourth-order valence-corrected chi connectivity index (χ4v) is 5.13. The molecular formula is C23H29N3O4S. The molecule has 0 saturated carbocycles. The van der Waals surface area contributed by atoms with E-state index in [0.29, 0.717) is 31.0 Å². The van der Waals surface area contributed by atoms with E-state index in [-0.39, 0.29) is 29.8 Å². The van der Waals surface area contributed by atoms with Crippen LogP contribution in [0.5, 0.6) is 0 Å². The van der Waals surface area contributed by atoms with Gasteiger partial charge in [-0.1, -0.05) is 44.2 Å². The SMILES string of the molecule is CC(C)c1ccc(NC(=O)CNC(=O)C2CCCN(S(=O)(=O)c3ccccc3)C2)cc1. The summed E-state index contributed by atoms with van der Waals surface area (Å²) in [5.74, 6) is -0.705. The van der Waals surface area contributed by atoms with Gasteiger partial charge in [-0.15, -0.1) is 0 Å². The van der Waals surface area contributed by atoms with Gasteiger partial charge in [-0.2, -0.15) is 4.31 Å². The molecule has 8 heteroatoms. The summed E-state index contributed by atoms with van der Waals surface area (Å²) in [6.07, 6.45) is 1.18. The second-order valence-electron chi connectivity index (χ2n) is 8.06. The quantitative estimate of drug-likeness (QED) is 0.688. The van der Waals surface area contributed by atoms with E-state index in [0.717, 1.165) is 0 Å². The van der Waals surface area contributed by atoms with E-state index in [1.807, 2.05) is 24.3 Å². The van der Waals surface area contributed by atoms with Crippen molar-refractivity contribution >= 4 is 27.5 Å². The van der Waals surface area contributed by atoms with Crippen LogP contribution in [-0.2, 0) is 19.6 Å². The molecule has 166 valence electrons. The lowest BCUT2D eigenvalue weighted by Crippen LogP contribution is -2.46. The lowest BCUT2D eigenvalue weighted by atomic mass is 9.99. The highest BCUT2D eigenvalue weighted by Gasteiger charge is 2.33. The number of nitrogens with one attached hydrogen (secondary N) is 2. The van der Waals surface area contributed by atoms with Crippen molar-refractivity contribution in [1.82, 2.24) is 9.62 Å². The molecule has 1 saturated heterocycles. The number of sulfonamides is 1. The Morgan fingerprint density at radius 3 is 2.39 bits per heavy atom. The van der Waals surface area contributed by atoms with Crippen LogP contribution < -0.4 is 10.6 Å². The summed E-state index contributed by atoms with van der Waals surface area (Å²) in [7, 11) is -3.64. The van der Waals surface area contributed by atoms with Crippen LogP contribution in [0.4, 0.5) is 5.69 Å². The molecule has 1 aliphatic rings. The lowest BCUT2D eigenvalue weighted by Gasteiger charge is -2.31. The minimum atomic E-state index is -3.64. The summed E-state index contributed by atoms with van der Waals surface area (Å²) >= 11 is 0. The number of hydrogen-bond acceptors (Lipinski definition) is 4. The zero-order valence-electron chi connectivity index (χ0n) is 17.9. The van der Waals surface area contributed by atoms with E-state index in [1.54, 1.807) is 30.3 Å². The number of amides is 2. The van der Waals surface area contributed by atoms with E-state index in [1.165, 1.54) is 9.87 Å². The number of hydrogen-bond donors (Lipinski definition) is 2. The number of carbonyl (C=O) groups excluding carboxylic acids is 2. The number of piperidine rings is 1. The Bertz CT molecular complexity index is 1000. The molecule has 2 N–H and O–H groups in total. The Labute approximate surface area is 183 Å². The van der Waals surface area contributed by atoms with Crippen LogP contribution in [-0.4, -0.2) is 44.2 Å². The maximum atomic E-state index is 12.8. The first kappa shape index (κ1) is 23.0. The third kappa shape index (κ3) is 5.92. The van der Waals surface area contributed by atoms with Crippen LogP contribution >= 0.6 is 0 Å². The topological polar surface area (TPSA) is 95.6 Å². The van der Waals surface area contributed by atoms with Gasteiger partial charge >= 0.3 is 0 Å². The van der Waals surface area contributed by atoms with Crippen LogP contribution in [0.1, 0.15) is 38.2 Å². The van der Waals surface area contributed by atoms with Crippen molar-refractivity contribution in [1.29, 1.82) is 0 Å². The molecular weight excluding hydrogens is 414 g/mol. The van der Waals surface area contributed by atoms with E-state index >= 15 is 0 Å². The predicted octanol–water partition coefficient (Wildman–Crippen LogP) is 2.97. The zero-order valence-corrected chi connectivity index (χ0v) is 18.7. The zero-order chi connectivity index (χ0) is 22.4. The predicted molar refractivity (Wildman–Crippen MR) is 120 cm³/mol. The van der Waals surface area contributed by atoms with Crippen molar-refractivity contribution in [2.75, 3.05) is 25.0 Å². The van der Waals surface area contributed by atoms with E-state index < -0.39 is 15.9 Å². The minimum absolute atomic E-state index is 0.112. The molecule has 0 aliphatic carbocycles. The van der Waals surface area contributed by atoms with E-state index in [9.17, 15) is 18.0 Å². The first-order chi connectivity index (χ1) is 14.8. The number of anilines is 1. The van der Waals surface area contributed by atoms with Crippen LogP contribution in [0.25, 0.3) is 0 Å². The molecule has 1 atom stereocenters. The molecule has 7 nitrogen and oxygen atoms in total. The molecule has 1 unspecified atom stereocenters. The minimum Gasteiger partial charge on any atom is -0.347 e. The van der Waals surface area contributed by atoms with Crippen molar-refractivity contribution in [2.24, 2.45) is 5.92 Å². The van der Waals surface area contributed by atoms with E-state index in [4.69, 9.17) is 0 Å². The Balaban J connectivity index is 1.52. The van der Waals surface area contributed by atoms with Crippen molar-refractivity contribution in [3.63, 3.8) is 0 Å². The summed E-state index contributed by atoms with van der Waals surface area (Å²) in [5.41, 5.74) is 1.85. The van der Waals surface area contributed by atoms with Crippen molar-refractivity contribution in [2.45, 2.75) is 37.5 Å². The summed E-state index contributed by atoms with van der Waals surface area (Å²) < 4.78 is 27.0. The first-order valence-corrected chi connectivity index (χ1v) is 11.9. The van der Waals surface area contributed by atoms with Gasteiger partial charge in [0.1, 0.15) is 0 Å². The first-order valence-electron chi connectivity index (χ1n) is 10.5. The molecule has 31 heavy (non-hydrogen) atoms. The molecule has 1 fully saturated rings. The van der Waals surface area contributed by atoms with Crippen molar-refractivity contribution in [3.8, 4) is 0 Å². The largest absolute Gasteiger partial charge is 0.347 e. The van der Waals surface area contributed by atoms with Gasteiger partial charge in [0.25, 0.3) is 0 Å². The third-order valence-electron chi connectivity index (χ3n) is 5.42. The molecule has 0 spiro atoms. The van der Waals surface area contributed by atoms with Crippen LogP contribution in [0.3, 0.4) is 0 Å². The van der Waals surface area contributed by atoms with Gasteiger partial charge < -0.3 is 10.6 Å². The van der Waals surface area contributed by atoms with Gasteiger partial charge in [-0.05, 0) is 48.6 Å². The molecule has 1 aliphatic heterocycles. The average Bonchev–Trinajstić information content (AvgIpc) is 2.78. The summed E-state index contributed by atoms with van der Waals surface area (Å²) in [4.78, 5) is 25.0. The average molecular weight is 444 g/mol. The van der Waals surface area contributed by atoms with Gasteiger partial charge in [0, 0.05) is 18.8 Å². The van der Waals surface area contributed by atoms with Gasteiger partial charge in [0.2, 0.25) is 21.8 Å². The van der Waals surface area contributed by atoms with Crippen molar-refractivity contribution < 1.29 is 18.0 Å². The highest BCUT2D eigenvalue weighted by atomic mass is 32.2. The summed E-state index contributed by atoms with van der Waals surface area (Å²) in [6, 6.07) is 15.8. The maximum Gasteiger partial charge on any atom is 0.243 e. The number of nitrogens with zero attached hydrogens (tertiary/aromatic N) is 1. The molecule has 0 aromatic heterocycles. The molecule has 1 heterocycles. The molecule has 0 radical (unpaired) electrons. The Morgan fingerprint density at radius 1 is 1.06 bits per heavy atom. The lowest BCUT2D eigenvalue weighted by molar-refractivity contribution is -0.128. The van der Waals surface area contributed by atoms with E-state index in [2.05, 4.69) is 24.5 Å². The monoisotopic (exact) mass is 443 g/mol. The second kappa shape index (κ2) is 10.1. The molecule has 2 aromatic carbocycles. The Hall–Kier alpha value is -2.71. The number of carbonyl (C=O) groups is 2. The summed E-state index contributed by atoms with van der Waals surface area (Å²) in [6.45, 7) is 4.53. The highest BCUT2D eigenvalue weighted by molar-refractivity contribution is 7.89. The van der Waals surface area contributed by atoms with Gasteiger partial charge in [0.05, 0.1) is 17.4 Å². The maximum absolute atomic E-state index is 12.8. The van der Waals surface area contributed by atoms with Gasteiger partial charge in [-0.25, -0.2) is 8.42 Å². The standard InChI is InChI=1S/C23H29N3O4S/c1-17(2)18-10-12-20(13-11-18)25-22(27)15-24-23(28)19-7-6-14-26(16-19)31(29,30)21-8-4-3-5-9-21/h3-5,8-13,17,19H,6-7,14-16H2,1-2H3,(H,24,28)(H,25,27).